The molecule has 0 saturated carbocycles. The summed E-state index contributed by atoms with van der Waals surface area (Å²) in [6, 6.07) is 2.27. The van der Waals surface area contributed by atoms with Crippen molar-refractivity contribution in [1.82, 2.24) is 29.5 Å². The van der Waals surface area contributed by atoms with E-state index in [4.69, 9.17) is 4.74 Å². The molecule has 30 heavy (non-hydrogen) atoms. The Labute approximate surface area is 163 Å². The van der Waals surface area contributed by atoms with Crippen LogP contribution in [0.25, 0.3) is 28.3 Å². The van der Waals surface area contributed by atoms with Crippen molar-refractivity contribution in [3.8, 4) is 28.7 Å². The van der Waals surface area contributed by atoms with Crippen LogP contribution in [0.3, 0.4) is 0 Å². The van der Waals surface area contributed by atoms with Gasteiger partial charge in [0.25, 0.3) is 12.4 Å². The molecule has 3 heterocycles. The average Bonchev–Trinajstić information content (AvgIpc) is 3.11. The maximum atomic E-state index is 13.9. The Bertz CT molecular complexity index is 1270. The summed E-state index contributed by atoms with van der Waals surface area (Å²) in [5, 5.41) is 4.02. The van der Waals surface area contributed by atoms with Crippen LogP contribution in [0.4, 0.5) is 22.0 Å². The topological polar surface area (TPSA) is 98.1 Å². The highest BCUT2D eigenvalue weighted by molar-refractivity contribution is 5.88. The molecule has 1 aromatic carbocycles. The van der Waals surface area contributed by atoms with Gasteiger partial charge in [-0.3, -0.25) is 4.98 Å². The van der Waals surface area contributed by atoms with Gasteiger partial charge in [-0.25, -0.2) is 36.7 Å². The predicted molar refractivity (Wildman–Crippen MR) is 91.4 cm³/mol. The third-order valence-electron chi connectivity index (χ3n) is 3.87. The second-order valence-electron chi connectivity index (χ2n) is 5.83. The molecule has 4 rings (SSSR count). The summed E-state index contributed by atoms with van der Waals surface area (Å²) in [7, 11) is 0. The summed E-state index contributed by atoms with van der Waals surface area (Å²) in [6.45, 7) is -1.06. The molecular weight excluding hydrogens is 415 g/mol. The van der Waals surface area contributed by atoms with E-state index in [1.807, 2.05) is 0 Å². The molecule has 13 heteroatoms. The van der Waals surface area contributed by atoms with E-state index in [0.717, 1.165) is 4.52 Å². The lowest BCUT2D eigenvalue weighted by Gasteiger charge is -2.06. The minimum absolute atomic E-state index is 0.0300. The van der Waals surface area contributed by atoms with Crippen molar-refractivity contribution in [2.24, 2.45) is 0 Å². The Morgan fingerprint density at radius 2 is 1.77 bits per heavy atom. The molecule has 0 unspecified atom stereocenters. The Morgan fingerprint density at radius 3 is 2.40 bits per heavy atom. The largest absolute Gasteiger partial charge is 0.459 e. The normalized spacial score (nSPS) is 11.4. The molecule has 0 atom stereocenters. The zero-order valence-corrected chi connectivity index (χ0v) is 14.6. The SMILES string of the molecule is O=c1[nH]c(OCC(F)F)nc2c(-c3cc(F)c(F)c(F)c3)c(-c3ncccn3)nn12. The van der Waals surface area contributed by atoms with Gasteiger partial charge in [0.1, 0.15) is 5.69 Å². The zero-order chi connectivity index (χ0) is 21.4. The van der Waals surface area contributed by atoms with E-state index in [9.17, 15) is 26.7 Å². The molecule has 0 aliphatic heterocycles. The standard InChI is InChI=1S/C17H9F5N6O2/c18-8-4-7(5-9(19)12(8)22)11-13(14-23-2-1-3-24-14)27-28-15(11)25-16(26-17(28)29)30-6-10(20)21/h1-5,10H,6H2,(H,25,26,29). The minimum atomic E-state index is -2.84. The van der Waals surface area contributed by atoms with Gasteiger partial charge in [-0.15, -0.1) is 0 Å². The first-order valence-electron chi connectivity index (χ1n) is 8.21. The summed E-state index contributed by atoms with van der Waals surface area (Å²) in [6.07, 6.45) is -0.127. The minimum Gasteiger partial charge on any atom is -0.459 e. The molecule has 0 aliphatic rings. The Kier molecular flexibility index (Phi) is 4.85. The van der Waals surface area contributed by atoms with Crippen molar-refractivity contribution in [2.75, 3.05) is 6.61 Å². The number of nitrogens with one attached hydrogen (secondary N) is 1. The maximum Gasteiger partial charge on any atom is 0.352 e. The molecule has 0 spiro atoms. The number of hydrogen-bond donors (Lipinski definition) is 1. The van der Waals surface area contributed by atoms with Crippen LogP contribution < -0.4 is 10.4 Å². The number of aromatic nitrogens is 6. The third-order valence-corrected chi connectivity index (χ3v) is 3.87. The highest BCUT2D eigenvalue weighted by Crippen LogP contribution is 2.34. The van der Waals surface area contributed by atoms with Crippen LogP contribution in [-0.2, 0) is 0 Å². The number of rotatable bonds is 5. The van der Waals surface area contributed by atoms with E-state index in [0.29, 0.717) is 12.1 Å². The van der Waals surface area contributed by atoms with Gasteiger partial charge in [0.2, 0.25) is 0 Å². The van der Waals surface area contributed by atoms with E-state index in [2.05, 4.69) is 25.0 Å². The van der Waals surface area contributed by atoms with E-state index in [1.165, 1.54) is 18.5 Å². The Hall–Kier alpha value is -3.90. The monoisotopic (exact) mass is 424 g/mol. The van der Waals surface area contributed by atoms with Crippen LogP contribution in [0.15, 0.2) is 35.4 Å². The quantitative estimate of drug-likeness (QED) is 0.391. The highest BCUT2D eigenvalue weighted by Gasteiger charge is 2.24. The second-order valence-corrected chi connectivity index (χ2v) is 5.83. The molecule has 3 aromatic heterocycles. The van der Waals surface area contributed by atoms with Gasteiger partial charge in [0.15, 0.2) is 35.5 Å². The van der Waals surface area contributed by atoms with Crippen LogP contribution in [0.5, 0.6) is 6.01 Å². The molecular formula is C17H9F5N6O2. The molecule has 8 nitrogen and oxygen atoms in total. The average molecular weight is 424 g/mol. The number of ether oxygens (including phenoxy) is 1. The van der Waals surface area contributed by atoms with Crippen molar-refractivity contribution in [1.29, 1.82) is 0 Å². The second kappa shape index (κ2) is 7.50. The van der Waals surface area contributed by atoms with Crippen molar-refractivity contribution in [3.05, 3.63) is 58.5 Å². The molecule has 1 N–H and O–H groups in total. The fourth-order valence-corrected chi connectivity index (χ4v) is 2.68. The van der Waals surface area contributed by atoms with E-state index in [-0.39, 0.29) is 28.3 Å². The number of aromatic amines is 1. The van der Waals surface area contributed by atoms with Gasteiger partial charge in [0.05, 0.1) is 5.56 Å². The van der Waals surface area contributed by atoms with Crippen molar-refractivity contribution in [2.45, 2.75) is 6.43 Å². The van der Waals surface area contributed by atoms with Gasteiger partial charge in [-0.1, -0.05) is 0 Å². The molecule has 0 amide bonds. The first-order chi connectivity index (χ1) is 14.3. The number of nitrogens with zero attached hydrogens (tertiary/aromatic N) is 5. The van der Waals surface area contributed by atoms with Crippen molar-refractivity contribution in [3.63, 3.8) is 0 Å². The lowest BCUT2D eigenvalue weighted by Crippen LogP contribution is -2.21. The molecule has 0 saturated heterocycles. The number of alkyl halides is 2. The molecule has 0 fully saturated rings. The van der Waals surface area contributed by atoms with E-state index < -0.39 is 42.2 Å². The van der Waals surface area contributed by atoms with Crippen LogP contribution >= 0.6 is 0 Å². The van der Waals surface area contributed by atoms with Crippen molar-refractivity contribution < 1.29 is 26.7 Å². The summed E-state index contributed by atoms with van der Waals surface area (Å²) >= 11 is 0. The highest BCUT2D eigenvalue weighted by atomic mass is 19.3. The van der Waals surface area contributed by atoms with Gasteiger partial charge in [0, 0.05) is 12.4 Å². The summed E-state index contributed by atoms with van der Waals surface area (Å²) in [5.41, 5.74) is -1.70. The number of halogens is 5. The van der Waals surface area contributed by atoms with Crippen LogP contribution in [0.2, 0.25) is 0 Å². The molecule has 0 radical (unpaired) electrons. The van der Waals surface area contributed by atoms with Crippen LogP contribution in [0.1, 0.15) is 0 Å². The van der Waals surface area contributed by atoms with Crippen LogP contribution in [-0.4, -0.2) is 42.6 Å². The fraction of sp³-hybridized carbons (Fsp3) is 0.118. The summed E-state index contributed by atoms with van der Waals surface area (Å²) < 4.78 is 71.5. The number of H-pyrrole nitrogens is 1. The number of benzene rings is 1. The first-order valence-corrected chi connectivity index (χ1v) is 8.21. The zero-order valence-electron chi connectivity index (χ0n) is 14.6. The van der Waals surface area contributed by atoms with Gasteiger partial charge < -0.3 is 4.74 Å². The summed E-state index contributed by atoms with van der Waals surface area (Å²) in [4.78, 5) is 26.3. The number of fused-ring (bicyclic) bond motifs is 1. The smallest absolute Gasteiger partial charge is 0.352 e. The summed E-state index contributed by atoms with van der Waals surface area (Å²) in [5.74, 6) is -4.72. The van der Waals surface area contributed by atoms with E-state index >= 15 is 0 Å². The maximum absolute atomic E-state index is 13.9. The van der Waals surface area contributed by atoms with Gasteiger partial charge in [-0.05, 0) is 23.8 Å². The predicted octanol–water partition coefficient (Wildman–Crippen LogP) is 2.60. The Morgan fingerprint density at radius 1 is 1.10 bits per heavy atom. The Balaban J connectivity index is 2.02. The van der Waals surface area contributed by atoms with Crippen molar-refractivity contribution >= 4 is 5.65 Å². The van der Waals surface area contributed by atoms with E-state index in [1.54, 1.807) is 0 Å². The fourth-order valence-electron chi connectivity index (χ4n) is 2.68. The molecule has 154 valence electrons. The first kappa shape index (κ1) is 19.4. The molecule has 4 aromatic rings. The van der Waals surface area contributed by atoms with Gasteiger partial charge in [-0.2, -0.15) is 14.6 Å². The van der Waals surface area contributed by atoms with Crippen LogP contribution in [0, 0.1) is 17.5 Å². The third kappa shape index (κ3) is 3.44. The lowest BCUT2D eigenvalue weighted by atomic mass is 10.0. The lowest BCUT2D eigenvalue weighted by molar-refractivity contribution is 0.0768. The van der Waals surface area contributed by atoms with Gasteiger partial charge >= 0.3 is 5.69 Å². The molecule has 0 bridgehead atoms. The molecule has 0 aliphatic carbocycles. The number of hydrogen-bond acceptors (Lipinski definition) is 6.